The van der Waals surface area contributed by atoms with E-state index in [0.29, 0.717) is 6.54 Å². The molecule has 0 fully saturated rings. The van der Waals surface area contributed by atoms with Gasteiger partial charge in [-0.2, -0.15) is 0 Å². The van der Waals surface area contributed by atoms with Gasteiger partial charge >= 0.3 is 0 Å². The summed E-state index contributed by atoms with van der Waals surface area (Å²) in [7, 11) is 1.61. The number of ketones is 1. The summed E-state index contributed by atoms with van der Waals surface area (Å²) in [5.41, 5.74) is 1.73. The lowest BCUT2D eigenvalue weighted by Crippen LogP contribution is -2.27. The number of unbranched alkanes of at least 4 members (excludes halogenated alkanes) is 1. The van der Waals surface area contributed by atoms with Gasteiger partial charge in [-0.1, -0.05) is 25.5 Å². The number of aromatic nitrogens is 1. The summed E-state index contributed by atoms with van der Waals surface area (Å²) in [6, 6.07) is 11.0. The third-order valence-corrected chi connectivity index (χ3v) is 3.65. The minimum Gasteiger partial charge on any atom is -0.497 e. The molecular weight excluding hydrogens is 278 g/mol. The van der Waals surface area contributed by atoms with Crippen LogP contribution in [-0.2, 0) is 6.54 Å². The van der Waals surface area contributed by atoms with Gasteiger partial charge in [0, 0.05) is 12.1 Å². The van der Waals surface area contributed by atoms with Gasteiger partial charge in [-0.3, -0.25) is 9.59 Å². The van der Waals surface area contributed by atoms with Crippen LogP contribution in [0.3, 0.4) is 0 Å². The Hall–Kier alpha value is -2.36. The normalized spacial score (nSPS) is 10.5. The number of ether oxygens (including phenoxy) is 1. The van der Waals surface area contributed by atoms with E-state index in [4.69, 9.17) is 4.74 Å². The maximum absolute atomic E-state index is 12.6. The van der Waals surface area contributed by atoms with Crippen LogP contribution in [0.2, 0.25) is 0 Å². The number of pyridine rings is 1. The molecule has 116 valence electrons. The van der Waals surface area contributed by atoms with E-state index in [9.17, 15) is 9.59 Å². The Bertz CT molecular complexity index is 731. The second-order valence-corrected chi connectivity index (χ2v) is 5.23. The molecule has 0 spiro atoms. The van der Waals surface area contributed by atoms with E-state index in [0.717, 1.165) is 29.8 Å². The molecule has 0 aliphatic carbocycles. The van der Waals surface area contributed by atoms with Crippen molar-refractivity contribution in [3.63, 3.8) is 0 Å². The Balaban J connectivity index is 2.61. The predicted octanol–water partition coefficient (Wildman–Crippen LogP) is 3.53. The first-order valence-corrected chi connectivity index (χ1v) is 7.47. The molecule has 1 heterocycles. The van der Waals surface area contributed by atoms with Gasteiger partial charge in [0.1, 0.15) is 5.75 Å². The standard InChI is InChI=1S/C18H21NO3/c1-4-5-11-19-17(10-9-16(13(2)20)18(19)21)14-7-6-8-15(12-14)22-3/h6-10,12H,4-5,11H2,1-3H3. The summed E-state index contributed by atoms with van der Waals surface area (Å²) in [4.78, 5) is 24.2. The lowest BCUT2D eigenvalue weighted by atomic mass is 10.1. The lowest BCUT2D eigenvalue weighted by molar-refractivity contribution is 0.101. The number of nitrogens with zero attached hydrogens (tertiary/aromatic N) is 1. The van der Waals surface area contributed by atoms with E-state index in [2.05, 4.69) is 6.92 Å². The second-order valence-electron chi connectivity index (χ2n) is 5.23. The number of rotatable bonds is 6. The van der Waals surface area contributed by atoms with Crippen molar-refractivity contribution in [2.45, 2.75) is 33.2 Å². The second kappa shape index (κ2) is 7.07. The van der Waals surface area contributed by atoms with Gasteiger partial charge in [0.2, 0.25) is 0 Å². The first kappa shape index (κ1) is 16.0. The quantitative estimate of drug-likeness (QED) is 0.767. The molecule has 0 bridgehead atoms. The Labute approximate surface area is 130 Å². The highest BCUT2D eigenvalue weighted by molar-refractivity contribution is 5.94. The molecule has 22 heavy (non-hydrogen) atoms. The van der Waals surface area contributed by atoms with E-state index in [1.165, 1.54) is 6.92 Å². The van der Waals surface area contributed by atoms with Crippen molar-refractivity contribution in [3.8, 4) is 17.0 Å². The first-order chi connectivity index (χ1) is 10.6. The van der Waals surface area contributed by atoms with Crippen LogP contribution in [0.4, 0.5) is 0 Å². The lowest BCUT2D eigenvalue weighted by Gasteiger charge is -2.14. The number of carbonyl (C=O) groups is 1. The van der Waals surface area contributed by atoms with Gasteiger partial charge in [-0.25, -0.2) is 0 Å². The first-order valence-electron chi connectivity index (χ1n) is 7.47. The number of hydrogen-bond donors (Lipinski definition) is 0. The van der Waals surface area contributed by atoms with Crippen molar-refractivity contribution in [1.82, 2.24) is 4.57 Å². The predicted molar refractivity (Wildman–Crippen MR) is 87.6 cm³/mol. The van der Waals surface area contributed by atoms with Crippen LogP contribution in [0.15, 0.2) is 41.2 Å². The highest BCUT2D eigenvalue weighted by Gasteiger charge is 2.13. The number of methoxy groups -OCH3 is 1. The number of benzene rings is 1. The van der Waals surface area contributed by atoms with E-state index in [-0.39, 0.29) is 16.9 Å². The molecule has 4 nitrogen and oxygen atoms in total. The fourth-order valence-corrected chi connectivity index (χ4v) is 2.42. The van der Waals surface area contributed by atoms with Gasteiger partial charge in [0.15, 0.2) is 5.78 Å². The summed E-state index contributed by atoms with van der Waals surface area (Å²) in [6.45, 7) is 4.10. The Kier molecular flexibility index (Phi) is 5.15. The van der Waals surface area contributed by atoms with Crippen molar-refractivity contribution in [2.75, 3.05) is 7.11 Å². The van der Waals surface area contributed by atoms with Gasteiger partial charge in [-0.05, 0) is 37.6 Å². The summed E-state index contributed by atoms with van der Waals surface area (Å²) in [6.07, 6.45) is 1.87. The zero-order valence-corrected chi connectivity index (χ0v) is 13.3. The summed E-state index contributed by atoms with van der Waals surface area (Å²) in [5.74, 6) is 0.537. The fraction of sp³-hybridized carbons (Fsp3) is 0.333. The number of carbonyl (C=O) groups excluding carboxylic acids is 1. The van der Waals surface area contributed by atoms with Gasteiger partial charge in [-0.15, -0.1) is 0 Å². The molecule has 2 rings (SSSR count). The number of Topliss-reactive ketones (excluding diaryl/α,β-unsaturated/α-hetero) is 1. The molecular formula is C18H21NO3. The third kappa shape index (κ3) is 3.27. The van der Waals surface area contributed by atoms with Crippen LogP contribution in [0.1, 0.15) is 37.0 Å². The van der Waals surface area contributed by atoms with E-state index < -0.39 is 0 Å². The van der Waals surface area contributed by atoms with Crippen molar-refractivity contribution in [2.24, 2.45) is 0 Å². The molecule has 0 unspecified atom stereocenters. The highest BCUT2D eigenvalue weighted by atomic mass is 16.5. The highest BCUT2D eigenvalue weighted by Crippen LogP contribution is 2.23. The molecule has 0 radical (unpaired) electrons. The molecule has 0 aliphatic rings. The van der Waals surface area contributed by atoms with Crippen LogP contribution in [0.5, 0.6) is 5.75 Å². The van der Waals surface area contributed by atoms with E-state index >= 15 is 0 Å². The van der Waals surface area contributed by atoms with Gasteiger partial charge < -0.3 is 9.30 Å². The largest absolute Gasteiger partial charge is 0.497 e. The van der Waals surface area contributed by atoms with Crippen LogP contribution in [0.25, 0.3) is 11.3 Å². The molecule has 0 aliphatic heterocycles. The molecule has 1 aromatic carbocycles. The Morgan fingerprint density at radius 1 is 1.23 bits per heavy atom. The monoisotopic (exact) mass is 299 g/mol. The SMILES string of the molecule is CCCCn1c(-c2cccc(OC)c2)ccc(C(C)=O)c1=O. The molecule has 4 heteroatoms. The minimum absolute atomic E-state index is 0.201. The average Bonchev–Trinajstić information content (AvgIpc) is 2.53. The number of hydrogen-bond acceptors (Lipinski definition) is 3. The van der Waals surface area contributed by atoms with Crippen LogP contribution >= 0.6 is 0 Å². The molecule has 0 saturated heterocycles. The fourth-order valence-electron chi connectivity index (χ4n) is 2.42. The zero-order chi connectivity index (χ0) is 16.1. The smallest absolute Gasteiger partial charge is 0.261 e. The Morgan fingerprint density at radius 2 is 2.00 bits per heavy atom. The van der Waals surface area contributed by atoms with Gasteiger partial charge in [0.25, 0.3) is 5.56 Å². The summed E-state index contributed by atoms with van der Waals surface area (Å²) in [5, 5.41) is 0. The van der Waals surface area contributed by atoms with Crippen molar-refractivity contribution >= 4 is 5.78 Å². The molecule has 2 aromatic rings. The van der Waals surface area contributed by atoms with Crippen molar-refractivity contribution in [1.29, 1.82) is 0 Å². The third-order valence-electron chi connectivity index (χ3n) is 3.65. The average molecular weight is 299 g/mol. The topological polar surface area (TPSA) is 48.3 Å². The van der Waals surface area contributed by atoms with Crippen LogP contribution in [-0.4, -0.2) is 17.5 Å². The maximum atomic E-state index is 12.6. The van der Waals surface area contributed by atoms with Gasteiger partial charge in [0.05, 0.1) is 18.4 Å². The zero-order valence-electron chi connectivity index (χ0n) is 13.3. The minimum atomic E-state index is -0.221. The van der Waals surface area contributed by atoms with Crippen LogP contribution in [0, 0.1) is 0 Å². The summed E-state index contributed by atoms with van der Waals surface area (Å²) < 4.78 is 6.94. The van der Waals surface area contributed by atoms with E-state index in [1.54, 1.807) is 17.7 Å². The Morgan fingerprint density at radius 3 is 2.64 bits per heavy atom. The molecule has 0 amide bonds. The maximum Gasteiger partial charge on any atom is 0.261 e. The molecule has 0 atom stereocenters. The van der Waals surface area contributed by atoms with Crippen LogP contribution < -0.4 is 10.3 Å². The molecule has 0 saturated carbocycles. The van der Waals surface area contributed by atoms with Crippen molar-refractivity contribution in [3.05, 3.63) is 52.3 Å². The van der Waals surface area contributed by atoms with Crippen molar-refractivity contribution < 1.29 is 9.53 Å². The molecule has 0 N–H and O–H groups in total. The summed E-state index contributed by atoms with van der Waals surface area (Å²) >= 11 is 0. The molecule has 1 aromatic heterocycles. The van der Waals surface area contributed by atoms with E-state index in [1.807, 2.05) is 30.3 Å².